The fourth-order valence-electron chi connectivity index (χ4n) is 1.82. The topological polar surface area (TPSA) is 55.6 Å². The molecule has 1 unspecified atom stereocenters. The number of halogens is 2. The van der Waals surface area contributed by atoms with Gasteiger partial charge in [-0.3, -0.25) is 4.79 Å². The van der Waals surface area contributed by atoms with Crippen LogP contribution in [0.2, 0.25) is 5.02 Å². The smallest absolute Gasteiger partial charge is 0.254 e. The predicted octanol–water partition coefficient (Wildman–Crippen LogP) is 1.61. The number of rotatable bonds is 2. The lowest BCUT2D eigenvalue weighted by Crippen LogP contribution is -2.49. The lowest BCUT2D eigenvalue weighted by atomic mass is 10.1. The molecule has 2 N–H and O–H groups in total. The minimum atomic E-state index is -0.554. The van der Waals surface area contributed by atoms with Crippen molar-refractivity contribution in [3.8, 4) is 0 Å². The highest BCUT2D eigenvalue weighted by molar-refractivity contribution is 7.80. The first-order valence-electron chi connectivity index (χ1n) is 5.64. The second-order valence-electron chi connectivity index (χ2n) is 4.14. The number of nitrogens with two attached hydrogens (primary N) is 1. The minimum absolute atomic E-state index is 0.0787. The Morgan fingerprint density at radius 3 is 2.95 bits per heavy atom. The Bertz CT molecular complexity index is 526. The van der Waals surface area contributed by atoms with Crippen LogP contribution in [0.5, 0.6) is 0 Å². The number of ether oxygens (including phenoxy) is 1. The van der Waals surface area contributed by atoms with Gasteiger partial charge in [0.1, 0.15) is 16.9 Å². The third-order valence-electron chi connectivity index (χ3n) is 2.84. The van der Waals surface area contributed by atoms with E-state index >= 15 is 0 Å². The van der Waals surface area contributed by atoms with Gasteiger partial charge in [-0.2, -0.15) is 0 Å². The maximum absolute atomic E-state index is 13.1. The van der Waals surface area contributed by atoms with Crippen molar-refractivity contribution in [1.82, 2.24) is 4.90 Å². The molecule has 1 aromatic rings. The normalized spacial score (nSPS) is 19.3. The standard InChI is InChI=1S/C12H12ClFN2O2S/c13-8-5-7(1-2-9(8)14)12(17)16-3-4-18-10(6-16)11(15)19/h1-2,5,10H,3-4,6H2,(H2,15,19). The van der Waals surface area contributed by atoms with Crippen molar-refractivity contribution >= 4 is 34.7 Å². The van der Waals surface area contributed by atoms with E-state index in [4.69, 9.17) is 34.3 Å². The molecule has 1 aliphatic heterocycles. The summed E-state index contributed by atoms with van der Waals surface area (Å²) in [5.41, 5.74) is 5.84. The van der Waals surface area contributed by atoms with Gasteiger partial charge >= 0.3 is 0 Å². The molecule has 1 aliphatic rings. The van der Waals surface area contributed by atoms with Crippen LogP contribution in [0, 0.1) is 5.82 Å². The van der Waals surface area contributed by atoms with Gasteiger partial charge in [0, 0.05) is 12.1 Å². The molecule has 4 nitrogen and oxygen atoms in total. The Hall–Kier alpha value is -1.24. The van der Waals surface area contributed by atoms with Gasteiger partial charge in [-0.15, -0.1) is 0 Å². The Kier molecular flexibility index (Phi) is 4.34. The van der Waals surface area contributed by atoms with Gasteiger partial charge in [-0.05, 0) is 18.2 Å². The fraction of sp³-hybridized carbons (Fsp3) is 0.333. The highest BCUT2D eigenvalue weighted by Crippen LogP contribution is 2.18. The van der Waals surface area contributed by atoms with Crippen LogP contribution in [0.25, 0.3) is 0 Å². The van der Waals surface area contributed by atoms with Crippen LogP contribution in [-0.2, 0) is 4.74 Å². The lowest BCUT2D eigenvalue weighted by molar-refractivity contribution is 0.00878. The summed E-state index contributed by atoms with van der Waals surface area (Å²) in [5, 5.41) is -0.0787. The van der Waals surface area contributed by atoms with Crippen molar-refractivity contribution in [3.63, 3.8) is 0 Å². The fourth-order valence-corrected chi connectivity index (χ4v) is 2.14. The molecule has 0 spiro atoms. The van der Waals surface area contributed by atoms with Crippen molar-refractivity contribution in [2.75, 3.05) is 19.7 Å². The third kappa shape index (κ3) is 3.20. The van der Waals surface area contributed by atoms with E-state index < -0.39 is 11.9 Å². The summed E-state index contributed by atoms with van der Waals surface area (Å²) in [6, 6.07) is 3.88. The first-order valence-corrected chi connectivity index (χ1v) is 6.43. The summed E-state index contributed by atoms with van der Waals surface area (Å²) in [7, 11) is 0. The number of hydrogen-bond acceptors (Lipinski definition) is 3. The average molecular weight is 303 g/mol. The quantitative estimate of drug-likeness (QED) is 0.843. The summed E-state index contributed by atoms with van der Waals surface area (Å²) in [5.74, 6) is -0.798. The first-order chi connectivity index (χ1) is 8.99. The van der Waals surface area contributed by atoms with Crippen LogP contribution < -0.4 is 5.73 Å². The third-order valence-corrected chi connectivity index (χ3v) is 3.39. The minimum Gasteiger partial charge on any atom is -0.391 e. The number of hydrogen-bond donors (Lipinski definition) is 1. The number of thiocarbonyl (C=S) groups is 1. The summed E-state index contributed by atoms with van der Waals surface area (Å²) >= 11 is 10.5. The second kappa shape index (κ2) is 5.81. The molecule has 1 amide bonds. The van der Waals surface area contributed by atoms with E-state index in [1.807, 2.05) is 0 Å². The molecule has 0 bridgehead atoms. The van der Waals surface area contributed by atoms with Gasteiger partial charge in [-0.25, -0.2) is 4.39 Å². The SMILES string of the molecule is NC(=S)C1CN(C(=O)c2ccc(F)c(Cl)c2)CCO1. The number of benzene rings is 1. The van der Waals surface area contributed by atoms with Crippen LogP contribution in [0.3, 0.4) is 0 Å². The molecule has 2 rings (SSSR count). The largest absolute Gasteiger partial charge is 0.391 e. The molecule has 0 aliphatic carbocycles. The van der Waals surface area contributed by atoms with E-state index in [1.165, 1.54) is 18.2 Å². The Morgan fingerprint density at radius 2 is 2.32 bits per heavy atom. The van der Waals surface area contributed by atoms with Crippen LogP contribution in [0.15, 0.2) is 18.2 Å². The zero-order chi connectivity index (χ0) is 14.0. The average Bonchev–Trinajstić information content (AvgIpc) is 2.41. The molecule has 1 heterocycles. The molecule has 1 saturated heterocycles. The molecule has 19 heavy (non-hydrogen) atoms. The second-order valence-corrected chi connectivity index (χ2v) is 5.02. The Balaban J connectivity index is 2.14. The molecular weight excluding hydrogens is 291 g/mol. The number of amides is 1. The maximum Gasteiger partial charge on any atom is 0.254 e. The van der Waals surface area contributed by atoms with Crippen LogP contribution in [0.4, 0.5) is 4.39 Å². The Labute approximate surface area is 120 Å². The first kappa shape index (κ1) is 14.2. The van der Waals surface area contributed by atoms with Crippen molar-refractivity contribution < 1.29 is 13.9 Å². The van der Waals surface area contributed by atoms with Crippen molar-refractivity contribution in [3.05, 3.63) is 34.6 Å². The molecule has 1 aromatic carbocycles. The van der Waals surface area contributed by atoms with E-state index in [0.717, 1.165) is 0 Å². The van der Waals surface area contributed by atoms with E-state index in [-0.39, 0.29) is 15.9 Å². The molecule has 1 atom stereocenters. The van der Waals surface area contributed by atoms with E-state index in [2.05, 4.69) is 0 Å². The highest BCUT2D eigenvalue weighted by atomic mass is 35.5. The predicted molar refractivity (Wildman–Crippen MR) is 73.8 cm³/mol. The van der Waals surface area contributed by atoms with Gasteiger partial charge in [0.2, 0.25) is 0 Å². The number of carbonyl (C=O) groups is 1. The van der Waals surface area contributed by atoms with Crippen molar-refractivity contribution in [2.45, 2.75) is 6.10 Å². The van der Waals surface area contributed by atoms with E-state index in [9.17, 15) is 9.18 Å². The van der Waals surface area contributed by atoms with E-state index in [1.54, 1.807) is 4.90 Å². The monoisotopic (exact) mass is 302 g/mol. The molecule has 7 heteroatoms. The number of nitrogens with zero attached hydrogens (tertiary/aromatic N) is 1. The van der Waals surface area contributed by atoms with Crippen molar-refractivity contribution in [1.29, 1.82) is 0 Å². The summed E-state index contributed by atoms with van der Waals surface area (Å²) in [4.78, 5) is 14.0. The van der Waals surface area contributed by atoms with Gasteiger partial charge in [-0.1, -0.05) is 23.8 Å². The summed E-state index contributed by atoms with van der Waals surface area (Å²) in [6.07, 6.45) is -0.441. The number of carbonyl (C=O) groups excluding carboxylic acids is 1. The molecule has 0 saturated carbocycles. The highest BCUT2D eigenvalue weighted by Gasteiger charge is 2.26. The molecule has 0 aromatic heterocycles. The summed E-state index contributed by atoms with van der Waals surface area (Å²) in [6.45, 7) is 1.10. The summed E-state index contributed by atoms with van der Waals surface area (Å²) < 4.78 is 18.4. The van der Waals surface area contributed by atoms with Crippen LogP contribution >= 0.6 is 23.8 Å². The molecule has 1 fully saturated rings. The van der Waals surface area contributed by atoms with Gasteiger partial charge < -0.3 is 15.4 Å². The molecular formula is C12H12ClFN2O2S. The molecule has 102 valence electrons. The number of morpholine rings is 1. The zero-order valence-corrected chi connectivity index (χ0v) is 11.5. The molecule has 0 radical (unpaired) electrons. The lowest BCUT2D eigenvalue weighted by Gasteiger charge is -2.32. The van der Waals surface area contributed by atoms with Crippen LogP contribution in [0.1, 0.15) is 10.4 Å². The maximum atomic E-state index is 13.1. The van der Waals surface area contributed by atoms with Crippen molar-refractivity contribution in [2.24, 2.45) is 5.73 Å². The van der Waals surface area contributed by atoms with Crippen LogP contribution in [-0.4, -0.2) is 41.6 Å². The van der Waals surface area contributed by atoms with E-state index in [0.29, 0.717) is 25.3 Å². The van der Waals surface area contributed by atoms with Gasteiger partial charge in [0.15, 0.2) is 0 Å². The van der Waals surface area contributed by atoms with Gasteiger partial charge in [0.25, 0.3) is 5.91 Å². The zero-order valence-electron chi connectivity index (χ0n) is 9.94. The van der Waals surface area contributed by atoms with Gasteiger partial charge in [0.05, 0.1) is 18.2 Å². The Morgan fingerprint density at radius 1 is 1.58 bits per heavy atom.